The number of nitrogens with zero attached hydrogens (tertiary/aromatic N) is 3. The summed E-state index contributed by atoms with van der Waals surface area (Å²) in [6.45, 7) is 0. The van der Waals surface area contributed by atoms with Gasteiger partial charge in [0.15, 0.2) is 5.65 Å². The van der Waals surface area contributed by atoms with Crippen LogP contribution in [0.2, 0.25) is 5.02 Å². The number of aromatic nitrogens is 2. The molecule has 3 aromatic carbocycles. The van der Waals surface area contributed by atoms with Gasteiger partial charge in [-0.05, 0) is 23.8 Å². The normalized spacial score (nSPS) is 11.0. The monoisotopic (exact) mass is 379 g/mol. The Labute approximate surface area is 167 Å². The van der Waals surface area contributed by atoms with Crippen molar-refractivity contribution < 1.29 is 0 Å². The Morgan fingerprint density at radius 3 is 2.29 bits per heavy atom. The van der Waals surface area contributed by atoms with Crippen molar-refractivity contribution in [2.24, 2.45) is 0 Å². The maximum atomic E-state index is 9.93. The molecule has 4 heteroatoms. The molecule has 0 saturated carbocycles. The highest BCUT2D eigenvalue weighted by Gasteiger charge is 2.18. The van der Waals surface area contributed by atoms with Crippen molar-refractivity contribution in [3.63, 3.8) is 0 Å². The molecule has 2 aromatic heterocycles. The molecule has 0 aliphatic rings. The van der Waals surface area contributed by atoms with Crippen LogP contribution in [0, 0.1) is 11.3 Å². The second kappa shape index (κ2) is 6.53. The van der Waals surface area contributed by atoms with Crippen molar-refractivity contribution in [2.75, 3.05) is 0 Å². The summed E-state index contributed by atoms with van der Waals surface area (Å²) < 4.78 is 2.00. The van der Waals surface area contributed by atoms with Gasteiger partial charge in [0.1, 0.15) is 11.6 Å². The molecule has 0 radical (unpaired) electrons. The van der Waals surface area contributed by atoms with Gasteiger partial charge in [0.25, 0.3) is 0 Å². The summed E-state index contributed by atoms with van der Waals surface area (Å²) in [4.78, 5) is 4.92. The summed E-state index contributed by atoms with van der Waals surface area (Å²) in [6, 6.07) is 28.1. The smallest absolute Gasteiger partial charge is 0.156 e. The van der Waals surface area contributed by atoms with Crippen LogP contribution >= 0.6 is 11.6 Å². The SMILES string of the molecule is N#Cc1c(-c2ccc(Cl)cc2)cn2c1nc(-c1ccccc1)c1ccccc12. The summed E-state index contributed by atoms with van der Waals surface area (Å²) in [5.74, 6) is 0. The molecule has 5 rings (SSSR count). The number of hydrogen-bond acceptors (Lipinski definition) is 2. The van der Waals surface area contributed by atoms with Crippen LogP contribution in [-0.2, 0) is 0 Å². The molecule has 0 saturated heterocycles. The van der Waals surface area contributed by atoms with Crippen molar-refractivity contribution in [3.8, 4) is 28.5 Å². The van der Waals surface area contributed by atoms with Crippen molar-refractivity contribution in [3.05, 3.63) is 95.6 Å². The third-order valence-corrected chi connectivity index (χ3v) is 5.18. The largest absolute Gasteiger partial charge is 0.299 e. The molecule has 2 heterocycles. The second-order valence-corrected chi connectivity index (χ2v) is 7.01. The third-order valence-electron chi connectivity index (χ3n) is 4.93. The molecule has 3 nitrogen and oxygen atoms in total. The van der Waals surface area contributed by atoms with Crippen molar-refractivity contribution in [2.45, 2.75) is 0 Å². The number of para-hydroxylation sites is 1. The fourth-order valence-corrected chi connectivity index (χ4v) is 3.74. The zero-order valence-corrected chi connectivity index (χ0v) is 15.6. The first-order valence-corrected chi connectivity index (χ1v) is 9.29. The summed E-state index contributed by atoms with van der Waals surface area (Å²) in [6.07, 6.45) is 1.99. The lowest BCUT2D eigenvalue weighted by molar-refractivity contribution is 1.20. The molecular weight excluding hydrogens is 366 g/mol. The van der Waals surface area contributed by atoms with Crippen molar-refractivity contribution >= 4 is 28.2 Å². The van der Waals surface area contributed by atoms with E-state index < -0.39 is 0 Å². The first-order chi connectivity index (χ1) is 13.8. The van der Waals surface area contributed by atoms with Gasteiger partial charge in [-0.2, -0.15) is 5.26 Å². The van der Waals surface area contributed by atoms with E-state index in [4.69, 9.17) is 16.6 Å². The molecule has 0 bridgehead atoms. The lowest BCUT2D eigenvalue weighted by Crippen LogP contribution is -1.95. The molecule has 132 valence electrons. The quantitative estimate of drug-likeness (QED) is 0.358. The molecule has 5 aromatic rings. The minimum atomic E-state index is 0.560. The average Bonchev–Trinajstić information content (AvgIpc) is 3.13. The van der Waals surface area contributed by atoms with Gasteiger partial charge >= 0.3 is 0 Å². The lowest BCUT2D eigenvalue weighted by atomic mass is 10.0. The van der Waals surface area contributed by atoms with Gasteiger partial charge in [-0.15, -0.1) is 0 Å². The molecule has 0 aliphatic heterocycles. The molecule has 0 atom stereocenters. The van der Waals surface area contributed by atoms with E-state index in [1.54, 1.807) is 0 Å². The van der Waals surface area contributed by atoms with E-state index in [1.165, 1.54) is 0 Å². The second-order valence-electron chi connectivity index (χ2n) is 6.57. The Morgan fingerprint density at radius 2 is 1.54 bits per heavy atom. The van der Waals surface area contributed by atoms with Gasteiger partial charge in [0, 0.05) is 27.7 Å². The highest BCUT2D eigenvalue weighted by Crippen LogP contribution is 2.34. The molecule has 0 N–H and O–H groups in total. The van der Waals surface area contributed by atoms with E-state index in [1.807, 2.05) is 77.3 Å². The van der Waals surface area contributed by atoms with E-state index >= 15 is 0 Å². The zero-order chi connectivity index (χ0) is 19.1. The maximum absolute atomic E-state index is 9.93. The molecule has 28 heavy (non-hydrogen) atoms. The Bertz CT molecular complexity index is 1360. The van der Waals surface area contributed by atoms with Crippen LogP contribution in [0.15, 0.2) is 85.1 Å². The fourth-order valence-electron chi connectivity index (χ4n) is 3.61. The van der Waals surface area contributed by atoms with E-state index in [0.29, 0.717) is 16.2 Å². The Kier molecular flexibility index (Phi) is 3.86. The van der Waals surface area contributed by atoms with Crippen LogP contribution in [0.1, 0.15) is 5.56 Å². The first kappa shape index (κ1) is 16.6. The number of benzene rings is 3. The predicted molar refractivity (Wildman–Crippen MR) is 113 cm³/mol. The minimum Gasteiger partial charge on any atom is -0.299 e. The maximum Gasteiger partial charge on any atom is 0.156 e. The number of fused-ring (bicyclic) bond motifs is 3. The van der Waals surface area contributed by atoms with E-state index in [-0.39, 0.29) is 0 Å². The lowest BCUT2D eigenvalue weighted by Gasteiger charge is -2.09. The number of rotatable bonds is 2. The fraction of sp³-hybridized carbons (Fsp3) is 0. The molecule has 0 aliphatic carbocycles. The van der Waals surface area contributed by atoms with Gasteiger partial charge in [0.05, 0.1) is 11.2 Å². The Balaban J connectivity index is 1.90. The predicted octanol–water partition coefficient (Wildman–Crippen LogP) is 6.35. The van der Waals surface area contributed by atoms with E-state index in [9.17, 15) is 5.26 Å². The van der Waals surface area contributed by atoms with E-state index in [2.05, 4.69) is 18.2 Å². The van der Waals surface area contributed by atoms with Crippen LogP contribution in [-0.4, -0.2) is 9.38 Å². The molecule has 0 spiro atoms. The number of hydrogen-bond donors (Lipinski definition) is 0. The van der Waals surface area contributed by atoms with Gasteiger partial charge < -0.3 is 0 Å². The van der Waals surface area contributed by atoms with Crippen molar-refractivity contribution in [1.82, 2.24) is 9.38 Å². The van der Waals surface area contributed by atoms with Crippen LogP contribution in [0.3, 0.4) is 0 Å². The van der Waals surface area contributed by atoms with Crippen LogP contribution in [0.25, 0.3) is 38.9 Å². The van der Waals surface area contributed by atoms with Gasteiger partial charge in [-0.25, -0.2) is 4.98 Å². The summed E-state index contributed by atoms with van der Waals surface area (Å²) in [5.41, 5.74) is 5.93. The average molecular weight is 380 g/mol. The third kappa shape index (κ3) is 2.55. The van der Waals surface area contributed by atoms with Crippen LogP contribution < -0.4 is 0 Å². The van der Waals surface area contributed by atoms with Gasteiger partial charge in [-0.3, -0.25) is 4.40 Å². The summed E-state index contributed by atoms with van der Waals surface area (Å²) in [5, 5.41) is 11.6. The van der Waals surface area contributed by atoms with Crippen molar-refractivity contribution in [1.29, 1.82) is 5.26 Å². The molecule has 0 amide bonds. The number of nitriles is 1. The molecule has 0 unspecified atom stereocenters. The Hall–Kier alpha value is -3.61. The first-order valence-electron chi connectivity index (χ1n) is 8.91. The molecule has 0 fully saturated rings. The zero-order valence-electron chi connectivity index (χ0n) is 14.8. The van der Waals surface area contributed by atoms with E-state index in [0.717, 1.165) is 33.3 Å². The highest BCUT2D eigenvalue weighted by atomic mass is 35.5. The van der Waals surface area contributed by atoms with Crippen LogP contribution in [0.4, 0.5) is 0 Å². The van der Waals surface area contributed by atoms with Gasteiger partial charge in [-0.1, -0.05) is 72.3 Å². The van der Waals surface area contributed by atoms with Gasteiger partial charge in [0.2, 0.25) is 0 Å². The van der Waals surface area contributed by atoms with Crippen LogP contribution in [0.5, 0.6) is 0 Å². The number of halogens is 1. The summed E-state index contributed by atoms with van der Waals surface area (Å²) in [7, 11) is 0. The standard InChI is InChI=1S/C24H14ClN3/c25-18-12-10-16(11-13-18)21-15-28-22-9-5-4-8-19(22)23(17-6-2-1-3-7-17)27-24(28)20(21)14-26/h1-13,15H. The topological polar surface area (TPSA) is 41.1 Å². The molecular formula is C24H14ClN3. The highest BCUT2D eigenvalue weighted by molar-refractivity contribution is 6.30. The minimum absolute atomic E-state index is 0.560. The summed E-state index contributed by atoms with van der Waals surface area (Å²) >= 11 is 6.04. The Morgan fingerprint density at radius 1 is 0.821 bits per heavy atom.